The number of halogens is 2. The second-order valence-electron chi connectivity index (χ2n) is 6.81. The topological polar surface area (TPSA) is 66.5 Å². The van der Waals surface area contributed by atoms with Gasteiger partial charge in [-0.2, -0.15) is 11.8 Å². The highest BCUT2D eigenvalue weighted by Crippen LogP contribution is 2.32. The Balaban J connectivity index is 1.68. The molecule has 3 aromatic carbocycles. The molecule has 0 aliphatic rings. The maximum atomic E-state index is 13.3. The van der Waals surface area contributed by atoms with Crippen molar-refractivity contribution >= 4 is 56.6 Å². The number of nitrogens with one attached hydrogen (secondary N) is 1. The SMILES string of the molecule is O=C(CN(c1ccc(Cl)cc1Cl)S(=O)(=O)c1ccccc1)NCCSCc1ccccc1. The summed E-state index contributed by atoms with van der Waals surface area (Å²) < 4.78 is 27.6. The van der Waals surface area contributed by atoms with Gasteiger partial charge in [-0.3, -0.25) is 9.10 Å². The van der Waals surface area contributed by atoms with Crippen LogP contribution in [-0.4, -0.2) is 33.2 Å². The molecule has 9 heteroatoms. The number of sulfonamides is 1. The van der Waals surface area contributed by atoms with Crippen molar-refractivity contribution in [3.8, 4) is 0 Å². The molecule has 32 heavy (non-hydrogen) atoms. The minimum atomic E-state index is -4.02. The van der Waals surface area contributed by atoms with E-state index in [2.05, 4.69) is 5.32 Å². The first kappa shape index (κ1) is 24.5. The Morgan fingerprint density at radius 2 is 1.59 bits per heavy atom. The Morgan fingerprint density at radius 1 is 0.938 bits per heavy atom. The van der Waals surface area contributed by atoms with Gasteiger partial charge >= 0.3 is 0 Å². The van der Waals surface area contributed by atoms with Crippen LogP contribution in [0.15, 0.2) is 83.8 Å². The molecule has 1 amide bonds. The molecule has 0 radical (unpaired) electrons. The van der Waals surface area contributed by atoms with Crippen LogP contribution in [-0.2, 0) is 20.6 Å². The number of benzene rings is 3. The summed E-state index contributed by atoms with van der Waals surface area (Å²) in [4.78, 5) is 12.7. The van der Waals surface area contributed by atoms with E-state index in [1.54, 1.807) is 30.0 Å². The maximum Gasteiger partial charge on any atom is 0.264 e. The Hall–Kier alpha value is -2.19. The third-order valence-electron chi connectivity index (χ3n) is 4.48. The lowest BCUT2D eigenvalue weighted by Gasteiger charge is -2.25. The van der Waals surface area contributed by atoms with Crippen molar-refractivity contribution in [3.63, 3.8) is 0 Å². The number of carbonyl (C=O) groups excluding carboxylic acids is 1. The average molecular weight is 509 g/mol. The molecule has 0 spiro atoms. The van der Waals surface area contributed by atoms with E-state index < -0.39 is 22.5 Å². The second kappa shape index (κ2) is 11.6. The van der Waals surface area contributed by atoms with Gasteiger partial charge in [-0.15, -0.1) is 0 Å². The van der Waals surface area contributed by atoms with E-state index in [9.17, 15) is 13.2 Å². The normalized spacial score (nSPS) is 11.2. The molecule has 168 valence electrons. The Labute approximate surface area is 202 Å². The zero-order chi connectivity index (χ0) is 23.0. The molecule has 0 heterocycles. The molecule has 3 aromatic rings. The van der Waals surface area contributed by atoms with E-state index in [1.807, 2.05) is 30.3 Å². The van der Waals surface area contributed by atoms with E-state index in [0.717, 1.165) is 10.1 Å². The highest BCUT2D eigenvalue weighted by atomic mass is 35.5. The summed E-state index contributed by atoms with van der Waals surface area (Å²) in [7, 11) is -4.02. The summed E-state index contributed by atoms with van der Waals surface area (Å²) >= 11 is 13.9. The first-order valence-corrected chi connectivity index (χ1v) is 13.1. The molecule has 0 unspecified atom stereocenters. The number of hydrogen-bond donors (Lipinski definition) is 1. The summed E-state index contributed by atoms with van der Waals surface area (Å²) in [6.45, 7) is 0.0197. The highest BCUT2D eigenvalue weighted by Gasteiger charge is 2.28. The summed E-state index contributed by atoms with van der Waals surface area (Å²) in [6, 6.07) is 22.4. The molecule has 0 atom stereocenters. The zero-order valence-electron chi connectivity index (χ0n) is 17.1. The van der Waals surface area contributed by atoms with Gasteiger partial charge in [-0.05, 0) is 35.9 Å². The van der Waals surface area contributed by atoms with Crippen molar-refractivity contribution < 1.29 is 13.2 Å². The summed E-state index contributed by atoms with van der Waals surface area (Å²) in [5, 5.41) is 3.30. The number of carbonyl (C=O) groups is 1. The lowest BCUT2D eigenvalue weighted by molar-refractivity contribution is -0.119. The van der Waals surface area contributed by atoms with Crippen molar-refractivity contribution in [3.05, 3.63) is 94.5 Å². The number of thioether (sulfide) groups is 1. The van der Waals surface area contributed by atoms with Crippen LogP contribution in [0.2, 0.25) is 10.0 Å². The van der Waals surface area contributed by atoms with Crippen LogP contribution in [0.4, 0.5) is 5.69 Å². The van der Waals surface area contributed by atoms with Crippen LogP contribution in [0.5, 0.6) is 0 Å². The van der Waals surface area contributed by atoms with Crippen LogP contribution >= 0.6 is 35.0 Å². The van der Waals surface area contributed by atoms with Crippen LogP contribution in [0, 0.1) is 0 Å². The van der Waals surface area contributed by atoms with Gasteiger partial charge in [0.15, 0.2) is 0 Å². The Morgan fingerprint density at radius 3 is 2.25 bits per heavy atom. The third kappa shape index (κ3) is 6.65. The minimum Gasteiger partial charge on any atom is -0.354 e. The first-order valence-electron chi connectivity index (χ1n) is 9.79. The van der Waals surface area contributed by atoms with Gasteiger partial charge in [-0.1, -0.05) is 71.7 Å². The van der Waals surface area contributed by atoms with Crippen LogP contribution in [0.1, 0.15) is 5.56 Å². The first-order chi connectivity index (χ1) is 15.4. The van der Waals surface area contributed by atoms with Gasteiger partial charge in [-0.25, -0.2) is 8.42 Å². The fraction of sp³-hybridized carbons (Fsp3) is 0.174. The molecule has 1 N–H and O–H groups in total. The number of anilines is 1. The van der Waals surface area contributed by atoms with E-state index >= 15 is 0 Å². The van der Waals surface area contributed by atoms with E-state index in [1.165, 1.54) is 35.9 Å². The molecule has 0 saturated heterocycles. The quantitative estimate of drug-likeness (QED) is 0.380. The minimum absolute atomic E-state index is 0.0669. The molecule has 0 fully saturated rings. The second-order valence-corrected chi connectivity index (χ2v) is 10.6. The molecule has 0 saturated carbocycles. The lowest BCUT2D eigenvalue weighted by atomic mass is 10.2. The number of rotatable bonds is 10. The summed E-state index contributed by atoms with van der Waals surface area (Å²) in [6.07, 6.45) is 0. The van der Waals surface area contributed by atoms with Crippen LogP contribution in [0.25, 0.3) is 0 Å². The number of hydrogen-bond acceptors (Lipinski definition) is 4. The molecule has 0 aromatic heterocycles. The Kier molecular flexibility index (Phi) is 8.87. The molecule has 0 bridgehead atoms. The van der Waals surface area contributed by atoms with Crippen molar-refractivity contribution in [1.29, 1.82) is 0 Å². The number of nitrogens with zero attached hydrogens (tertiary/aromatic N) is 1. The standard InChI is InChI=1S/C23H22Cl2N2O3S2/c24-19-11-12-22(21(25)15-19)27(32(29,30)20-9-5-2-6-10-20)16-23(28)26-13-14-31-17-18-7-3-1-4-8-18/h1-12,15H,13-14,16-17H2,(H,26,28). The van der Waals surface area contributed by atoms with Crippen LogP contribution in [0.3, 0.4) is 0 Å². The van der Waals surface area contributed by atoms with Crippen molar-refractivity contribution in [2.24, 2.45) is 0 Å². The van der Waals surface area contributed by atoms with E-state index in [0.29, 0.717) is 17.3 Å². The smallest absolute Gasteiger partial charge is 0.264 e. The highest BCUT2D eigenvalue weighted by molar-refractivity contribution is 7.98. The van der Waals surface area contributed by atoms with Gasteiger partial charge < -0.3 is 5.32 Å². The summed E-state index contributed by atoms with van der Waals surface area (Å²) in [5.41, 5.74) is 1.40. The lowest BCUT2D eigenvalue weighted by Crippen LogP contribution is -2.41. The molecule has 0 aliphatic carbocycles. The molecule has 0 aliphatic heterocycles. The predicted octanol–water partition coefficient (Wildman–Crippen LogP) is 5.24. The predicted molar refractivity (Wildman–Crippen MR) is 133 cm³/mol. The molecular formula is C23H22Cl2N2O3S2. The van der Waals surface area contributed by atoms with Gasteiger partial charge in [0.25, 0.3) is 10.0 Å². The number of amides is 1. The fourth-order valence-corrected chi connectivity index (χ4v) is 5.76. The Bertz CT molecular complexity index is 1140. The summed E-state index contributed by atoms with van der Waals surface area (Å²) in [5.74, 6) is 1.12. The maximum absolute atomic E-state index is 13.3. The van der Waals surface area contributed by atoms with Crippen molar-refractivity contribution in [1.82, 2.24) is 5.32 Å². The third-order valence-corrected chi connectivity index (χ3v) is 7.82. The fourth-order valence-electron chi connectivity index (χ4n) is 2.92. The molecular weight excluding hydrogens is 487 g/mol. The largest absolute Gasteiger partial charge is 0.354 e. The molecule has 5 nitrogen and oxygen atoms in total. The van der Waals surface area contributed by atoms with Crippen molar-refractivity contribution in [2.45, 2.75) is 10.6 Å². The molecule has 3 rings (SSSR count). The monoisotopic (exact) mass is 508 g/mol. The average Bonchev–Trinajstić information content (AvgIpc) is 2.79. The van der Waals surface area contributed by atoms with E-state index in [4.69, 9.17) is 23.2 Å². The van der Waals surface area contributed by atoms with E-state index in [-0.39, 0.29) is 15.6 Å². The van der Waals surface area contributed by atoms with Gasteiger partial charge in [0.2, 0.25) is 5.91 Å². The zero-order valence-corrected chi connectivity index (χ0v) is 20.2. The van der Waals surface area contributed by atoms with Gasteiger partial charge in [0.05, 0.1) is 15.6 Å². The van der Waals surface area contributed by atoms with Crippen molar-refractivity contribution in [2.75, 3.05) is 23.1 Å². The van der Waals surface area contributed by atoms with Gasteiger partial charge in [0, 0.05) is 23.1 Å². The van der Waals surface area contributed by atoms with Gasteiger partial charge in [0.1, 0.15) is 6.54 Å². The van der Waals surface area contributed by atoms with Crippen LogP contribution < -0.4 is 9.62 Å².